The molecular formula is C25H27F3N4O4. The van der Waals surface area contributed by atoms with Gasteiger partial charge in [0.25, 0.3) is 12.0 Å². The number of rotatable bonds is 7. The zero-order valence-electron chi connectivity index (χ0n) is 19.8. The van der Waals surface area contributed by atoms with E-state index in [0.717, 1.165) is 30.5 Å². The molecule has 1 saturated heterocycles. The first kappa shape index (κ1) is 24.5. The van der Waals surface area contributed by atoms with Gasteiger partial charge in [-0.05, 0) is 42.9 Å². The third-order valence-corrected chi connectivity index (χ3v) is 6.74. The molecule has 3 heterocycles. The highest BCUT2D eigenvalue weighted by molar-refractivity contribution is 5.95. The summed E-state index contributed by atoms with van der Waals surface area (Å²) >= 11 is 0. The van der Waals surface area contributed by atoms with Crippen LogP contribution < -0.4 is 10.3 Å². The van der Waals surface area contributed by atoms with Crippen molar-refractivity contribution in [3.63, 3.8) is 0 Å². The fourth-order valence-electron chi connectivity index (χ4n) is 4.98. The van der Waals surface area contributed by atoms with Gasteiger partial charge in [0.2, 0.25) is 5.91 Å². The molecule has 0 unspecified atom stereocenters. The lowest BCUT2D eigenvalue weighted by Crippen LogP contribution is -2.44. The van der Waals surface area contributed by atoms with Gasteiger partial charge in [-0.25, -0.2) is 17.9 Å². The number of aliphatic imine (C=N–C) groups is 1. The minimum absolute atomic E-state index is 0.137. The first-order chi connectivity index (χ1) is 17.4. The molecule has 1 aromatic heterocycles. The molecule has 1 fully saturated rings. The van der Waals surface area contributed by atoms with Gasteiger partial charge in [0.05, 0.1) is 24.6 Å². The number of nitrogens with zero attached hydrogens (tertiary/aromatic N) is 4. The summed E-state index contributed by atoms with van der Waals surface area (Å²) in [4.78, 5) is 32.2. The molecule has 0 atom stereocenters. The number of carbonyl (C=O) groups is 1. The maximum Gasteiger partial charge on any atom is 0.272 e. The Bertz CT molecular complexity index is 1250. The number of carbonyl (C=O) groups excluding carboxylic acids is 1. The Labute approximate surface area is 205 Å². The molecule has 0 saturated carbocycles. The van der Waals surface area contributed by atoms with Crippen LogP contribution in [0.15, 0.2) is 21.9 Å². The predicted octanol–water partition coefficient (Wildman–Crippen LogP) is 2.64. The summed E-state index contributed by atoms with van der Waals surface area (Å²) in [7, 11) is 0. The van der Waals surface area contributed by atoms with Crippen LogP contribution in [0.4, 0.5) is 18.9 Å². The van der Waals surface area contributed by atoms with Gasteiger partial charge < -0.3 is 14.4 Å². The van der Waals surface area contributed by atoms with E-state index in [1.807, 2.05) is 0 Å². The van der Waals surface area contributed by atoms with Crippen molar-refractivity contribution in [2.45, 2.75) is 51.5 Å². The number of halogens is 3. The summed E-state index contributed by atoms with van der Waals surface area (Å²) in [5.41, 5.74) is 3.91. The van der Waals surface area contributed by atoms with Crippen molar-refractivity contribution in [2.24, 2.45) is 4.99 Å². The normalized spacial score (nSPS) is 17.1. The molecule has 0 radical (unpaired) electrons. The average molecular weight is 505 g/mol. The summed E-state index contributed by atoms with van der Waals surface area (Å²) in [5, 5.41) is 4.59. The van der Waals surface area contributed by atoms with Crippen LogP contribution in [-0.4, -0.2) is 65.6 Å². The zero-order valence-corrected chi connectivity index (χ0v) is 19.8. The number of amides is 1. The summed E-state index contributed by atoms with van der Waals surface area (Å²) < 4.78 is 50.7. The first-order valence-corrected chi connectivity index (χ1v) is 12.2. The van der Waals surface area contributed by atoms with Crippen molar-refractivity contribution < 1.29 is 27.4 Å². The molecule has 1 aromatic carbocycles. The molecule has 3 aliphatic rings. The Balaban J connectivity index is 1.40. The number of hydrogen-bond acceptors (Lipinski definition) is 6. The predicted molar refractivity (Wildman–Crippen MR) is 125 cm³/mol. The number of hydrogen-bond donors (Lipinski definition) is 0. The third-order valence-electron chi connectivity index (χ3n) is 6.74. The van der Waals surface area contributed by atoms with Crippen LogP contribution in [0.3, 0.4) is 0 Å². The Hall–Kier alpha value is -3.21. The molecule has 2 aliphatic heterocycles. The third kappa shape index (κ3) is 5.16. The highest BCUT2D eigenvalue weighted by Crippen LogP contribution is 2.34. The van der Waals surface area contributed by atoms with E-state index in [2.05, 4.69) is 10.1 Å². The van der Waals surface area contributed by atoms with Gasteiger partial charge in [-0.15, -0.1) is 0 Å². The monoisotopic (exact) mass is 504 g/mol. The Morgan fingerprint density at radius 1 is 1.14 bits per heavy atom. The molecule has 5 rings (SSSR count). The Kier molecular flexibility index (Phi) is 7.08. The van der Waals surface area contributed by atoms with E-state index in [9.17, 15) is 22.8 Å². The molecule has 8 nitrogen and oxygen atoms in total. The summed E-state index contributed by atoms with van der Waals surface area (Å²) in [5.74, 6) is -1.15. The molecule has 192 valence electrons. The van der Waals surface area contributed by atoms with Crippen molar-refractivity contribution in [3.05, 3.63) is 50.7 Å². The number of ether oxygens (including phenoxy) is 2. The lowest BCUT2D eigenvalue weighted by Gasteiger charge is -2.27. The van der Waals surface area contributed by atoms with E-state index in [1.165, 1.54) is 16.8 Å². The molecule has 0 bridgehead atoms. The van der Waals surface area contributed by atoms with Crippen molar-refractivity contribution in [3.8, 4) is 5.75 Å². The number of alkyl halides is 2. The summed E-state index contributed by atoms with van der Waals surface area (Å²) in [6, 6.07) is 2.60. The smallest absolute Gasteiger partial charge is 0.272 e. The lowest BCUT2D eigenvalue weighted by atomic mass is 9.90. The van der Waals surface area contributed by atoms with Crippen LogP contribution in [0.5, 0.6) is 5.75 Å². The fourth-order valence-corrected chi connectivity index (χ4v) is 4.98. The van der Waals surface area contributed by atoms with Crippen LogP contribution >= 0.6 is 0 Å². The van der Waals surface area contributed by atoms with Gasteiger partial charge in [0, 0.05) is 43.3 Å². The average Bonchev–Trinajstić information content (AvgIpc) is 3.26. The Morgan fingerprint density at radius 2 is 1.89 bits per heavy atom. The zero-order chi connectivity index (χ0) is 25.2. The van der Waals surface area contributed by atoms with Crippen LogP contribution in [-0.2, 0) is 41.8 Å². The van der Waals surface area contributed by atoms with Crippen LogP contribution in [0.25, 0.3) is 0 Å². The molecule has 0 spiro atoms. The maximum absolute atomic E-state index is 14.3. The second-order valence-corrected chi connectivity index (χ2v) is 9.21. The lowest BCUT2D eigenvalue weighted by molar-refractivity contribution is -0.136. The number of fused-ring (bicyclic) bond motifs is 2. The van der Waals surface area contributed by atoms with Gasteiger partial charge in [-0.3, -0.25) is 14.6 Å². The van der Waals surface area contributed by atoms with Crippen molar-refractivity contribution in [1.82, 2.24) is 14.7 Å². The second-order valence-electron chi connectivity index (χ2n) is 9.21. The molecular weight excluding hydrogens is 477 g/mol. The van der Waals surface area contributed by atoms with E-state index in [0.29, 0.717) is 68.1 Å². The molecule has 1 amide bonds. The second kappa shape index (κ2) is 10.4. The minimum Gasteiger partial charge on any atom is -0.484 e. The van der Waals surface area contributed by atoms with E-state index < -0.39 is 18.8 Å². The fraction of sp³-hybridized carbons (Fsp3) is 0.520. The Morgan fingerprint density at radius 3 is 2.64 bits per heavy atom. The van der Waals surface area contributed by atoms with Crippen molar-refractivity contribution in [1.29, 1.82) is 0 Å². The molecule has 2 aromatic rings. The number of morpholine rings is 1. The van der Waals surface area contributed by atoms with E-state index >= 15 is 0 Å². The first-order valence-electron chi connectivity index (χ1n) is 12.2. The highest BCUT2D eigenvalue weighted by Gasteiger charge is 2.26. The quantitative estimate of drug-likeness (QED) is 0.579. The van der Waals surface area contributed by atoms with Gasteiger partial charge in [0.15, 0.2) is 11.6 Å². The van der Waals surface area contributed by atoms with Crippen LogP contribution in [0, 0.1) is 5.82 Å². The minimum atomic E-state index is -2.71. The van der Waals surface area contributed by atoms with Gasteiger partial charge in [-0.2, -0.15) is 5.10 Å². The summed E-state index contributed by atoms with van der Waals surface area (Å²) in [6.07, 6.45) is 1.22. The van der Waals surface area contributed by atoms with Crippen molar-refractivity contribution >= 4 is 17.3 Å². The largest absolute Gasteiger partial charge is 0.484 e. The van der Waals surface area contributed by atoms with E-state index in [1.54, 1.807) is 4.90 Å². The highest BCUT2D eigenvalue weighted by atomic mass is 19.3. The van der Waals surface area contributed by atoms with E-state index in [-0.39, 0.29) is 23.8 Å². The SMILES string of the molecule is O=C(Cn1nc(CC2=Nc3cc(OCC(F)F)c(F)cc3C2)c2c(c1=O)CCCC2)N1CCOCC1. The number of benzene rings is 1. The van der Waals surface area contributed by atoms with Crippen LogP contribution in [0.2, 0.25) is 0 Å². The molecule has 0 N–H and O–H groups in total. The van der Waals surface area contributed by atoms with Crippen LogP contribution in [0.1, 0.15) is 35.2 Å². The summed E-state index contributed by atoms with van der Waals surface area (Å²) in [6.45, 7) is 0.883. The number of aromatic nitrogens is 2. The van der Waals surface area contributed by atoms with Crippen molar-refractivity contribution in [2.75, 3.05) is 32.9 Å². The molecule has 11 heteroatoms. The van der Waals surface area contributed by atoms with Gasteiger partial charge in [-0.1, -0.05) is 0 Å². The van der Waals surface area contributed by atoms with Gasteiger partial charge >= 0.3 is 0 Å². The maximum atomic E-state index is 14.3. The van der Waals surface area contributed by atoms with Gasteiger partial charge in [0.1, 0.15) is 13.2 Å². The van der Waals surface area contributed by atoms with E-state index in [4.69, 9.17) is 9.47 Å². The molecule has 36 heavy (non-hydrogen) atoms. The topological polar surface area (TPSA) is 86.0 Å². The standard InChI is InChI=1S/C25H27F3N4O4/c26-19-10-15-9-16(29-20(15)12-22(19)36-14-23(27)28)11-21-17-3-1-2-4-18(17)25(34)32(30-21)13-24(33)31-5-7-35-8-6-31/h10,12,23H,1-9,11,13-14H2. The molecule has 1 aliphatic carbocycles.